The average molecular weight is 816 g/mol. The van der Waals surface area contributed by atoms with Gasteiger partial charge in [-0.15, -0.1) is 0 Å². The third-order valence-corrected chi connectivity index (χ3v) is 14.0. The molecule has 4 heterocycles. The fraction of sp³-hybridized carbons (Fsp3) is 0.500. The molecule has 2 aliphatic heterocycles. The van der Waals surface area contributed by atoms with E-state index in [0.29, 0.717) is 65.1 Å². The van der Waals surface area contributed by atoms with Crippen LogP contribution in [-0.2, 0) is 29.1 Å². The zero-order chi connectivity index (χ0) is 40.2. The van der Waals surface area contributed by atoms with E-state index in [9.17, 15) is 32.0 Å². The van der Waals surface area contributed by atoms with Crippen molar-refractivity contribution in [1.29, 1.82) is 0 Å². The summed E-state index contributed by atoms with van der Waals surface area (Å²) in [6.45, 7) is -0.0852. The van der Waals surface area contributed by atoms with E-state index in [4.69, 9.17) is 18.9 Å². The minimum atomic E-state index is -3.93. The number of hydrogen-bond donors (Lipinski definition) is 3. The van der Waals surface area contributed by atoms with E-state index >= 15 is 0 Å². The first-order valence-corrected chi connectivity index (χ1v) is 21.9. The van der Waals surface area contributed by atoms with Gasteiger partial charge in [0.05, 0.1) is 17.3 Å². The maximum absolute atomic E-state index is 14.7. The number of hydrogen-bond acceptors (Lipinski definition) is 10. The minimum Gasteiger partial charge on any atom is -0.484 e. The Labute approximate surface area is 334 Å². The monoisotopic (exact) mass is 815 g/mol. The van der Waals surface area contributed by atoms with Crippen LogP contribution in [0.1, 0.15) is 83.5 Å². The van der Waals surface area contributed by atoms with Crippen molar-refractivity contribution in [2.45, 2.75) is 119 Å². The Hall–Kier alpha value is -5.25. The van der Waals surface area contributed by atoms with E-state index in [0.717, 1.165) is 38.5 Å². The molecule has 2 aromatic carbocycles. The van der Waals surface area contributed by atoms with Crippen LogP contribution in [0.15, 0.2) is 59.0 Å². The van der Waals surface area contributed by atoms with E-state index in [1.165, 1.54) is 17.0 Å². The van der Waals surface area contributed by atoms with E-state index < -0.39 is 74.5 Å². The van der Waals surface area contributed by atoms with E-state index in [1.54, 1.807) is 12.1 Å². The molecule has 5 atom stereocenters. The van der Waals surface area contributed by atoms with Crippen LogP contribution in [0.25, 0.3) is 33.0 Å². The van der Waals surface area contributed by atoms with Crippen LogP contribution in [0.3, 0.4) is 0 Å². The van der Waals surface area contributed by atoms with Gasteiger partial charge in [-0.1, -0.05) is 37.1 Å². The number of pyridine rings is 1. The van der Waals surface area contributed by atoms with Gasteiger partial charge in [0.1, 0.15) is 46.7 Å². The number of furan rings is 1. The molecule has 306 valence electrons. The summed E-state index contributed by atoms with van der Waals surface area (Å²) in [5, 5.41) is 6.19. The highest BCUT2D eigenvalue weighted by Gasteiger charge is 2.62. The maximum atomic E-state index is 14.7. The Morgan fingerprint density at radius 2 is 1.76 bits per heavy atom. The maximum Gasteiger partial charge on any atom is 0.408 e. The molecule has 9 rings (SSSR count). The number of nitrogens with one attached hydrogen (secondary N) is 3. The third kappa shape index (κ3) is 7.46. The molecule has 3 saturated carbocycles. The Kier molecular flexibility index (Phi) is 10.0. The molecule has 0 spiro atoms. The number of allylic oxidation sites excluding steroid dienone is 1. The largest absolute Gasteiger partial charge is 0.484 e. The van der Waals surface area contributed by atoms with Crippen LogP contribution in [0.4, 0.5) is 9.18 Å². The summed E-state index contributed by atoms with van der Waals surface area (Å²) in [4.78, 5) is 62.4. The predicted molar refractivity (Wildman–Crippen MR) is 210 cm³/mol. The van der Waals surface area contributed by atoms with Gasteiger partial charge in [-0.2, -0.15) is 0 Å². The highest BCUT2D eigenvalue weighted by molar-refractivity contribution is 7.91. The number of amides is 4. The molecule has 5 aliphatic rings. The molecule has 3 N–H and O–H groups in total. The van der Waals surface area contributed by atoms with E-state index in [-0.39, 0.29) is 31.2 Å². The quantitative estimate of drug-likeness (QED) is 0.197. The Balaban J connectivity index is 1.06. The molecule has 16 heteroatoms. The van der Waals surface area contributed by atoms with Gasteiger partial charge in [-0.05, 0) is 88.5 Å². The van der Waals surface area contributed by atoms with Crippen LogP contribution in [0.2, 0.25) is 0 Å². The van der Waals surface area contributed by atoms with E-state index in [2.05, 4.69) is 15.4 Å². The zero-order valence-corrected chi connectivity index (χ0v) is 32.7. The van der Waals surface area contributed by atoms with Gasteiger partial charge in [0, 0.05) is 29.2 Å². The highest BCUT2D eigenvalue weighted by Crippen LogP contribution is 2.46. The van der Waals surface area contributed by atoms with Gasteiger partial charge in [0.25, 0.3) is 5.91 Å². The normalized spacial score (nSPS) is 27.6. The number of alkyl carbamates (subject to hydrolysis) is 1. The van der Waals surface area contributed by atoms with Crippen molar-refractivity contribution in [2.75, 3.05) is 6.54 Å². The number of rotatable bonds is 7. The fourth-order valence-corrected chi connectivity index (χ4v) is 10.2. The van der Waals surface area contributed by atoms with Crippen LogP contribution >= 0.6 is 0 Å². The first kappa shape index (κ1) is 38.3. The van der Waals surface area contributed by atoms with Gasteiger partial charge < -0.3 is 29.4 Å². The lowest BCUT2D eigenvalue weighted by molar-refractivity contribution is -0.141. The standard InChI is InChI=1S/C42H46FN5O9S/c43-25-16-19-29-32(20-25)44-35-30-13-8-9-15-34(30)57-37(35)36(29)55-27-21-33-38(49)46-42(40(51)47-58(53,54)28-17-18-28)22-24(42)10-4-2-1-3-5-14-31(39(50)48(33)23-27)45-41(52)56-26-11-6-7-12-26/h4,8-10,13,15-16,19-20,24,26-28,31,33H,1-3,5-7,11-12,14,17-18,21-23H2,(H,45,52)(H,46,49)(H,47,51)/b10-4-/t24-,27+,31-,33-,42+/m0/s1. The second-order valence-corrected chi connectivity index (χ2v) is 18.3. The number of aromatic nitrogens is 1. The first-order chi connectivity index (χ1) is 28.0. The lowest BCUT2D eigenvalue weighted by atomic mass is 10.0. The summed E-state index contributed by atoms with van der Waals surface area (Å²) in [6, 6.07) is 9.21. The van der Waals surface area contributed by atoms with Gasteiger partial charge in [0.2, 0.25) is 21.8 Å². The summed E-state index contributed by atoms with van der Waals surface area (Å²) >= 11 is 0. The molecular formula is C42H46FN5O9S. The number of para-hydroxylation sites is 1. The average Bonchev–Trinajstić information content (AvgIpc) is 4.01. The molecule has 0 radical (unpaired) electrons. The van der Waals surface area contributed by atoms with Crippen molar-refractivity contribution >= 4 is 66.8 Å². The van der Waals surface area contributed by atoms with Gasteiger partial charge in [0.15, 0.2) is 11.3 Å². The topological polar surface area (TPSA) is 186 Å². The second kappa shape index (κ2) is 15.2. The molecule has 0 bridgehead atoms. The van der Waals surface area contributed by atoms with Crippen molar-refractivity contribution in [3.05, 3.63) is 60.4 Å². The van der Waals surface area contributed by atoms with Gasteiger partial charge in [-0.3, -0.25) is 19.1 Å². The summed E-state index contributed by atoms with van der Waals surface area (Å²) < 4.78 is 61.3. The Bertz CT molecular complexity index is 2440. The molecule has 4 amide bonds. The van der Waals surface area contributed by atoms with Crippen molar-refractivity contribution < 1.29 is 45.9 Å². The fourth-order valence-electron chi connectivity index (χ4n) is 8.79. The lowest BCUT2D eigenvalue weighted by Gasteiger charge is -2.30. The van der Waals surface area contributed by atoms with Gasteiger partial charge in [-0.25, -0.2) is 22.6 Å². The van der Waals surface area contributed by atoms with Crippen LogP contribution < -0.4 is 20.1 Å². The van der Waals surface area contributed by atoms with Crippen molar-refractivity contribution in [3.8, 4) is 5.75 Å². The van der Waals surface area contributed by atoms with Crippen molar-refractivity contribution in [3.63, 3.8) is 0 Å². The molecular weight excluding hydrogens is 770 g/mol. The molecule has 4 fully saturated rings. The number of halogens is 1. The van der Waals surface area contributed by atoms with Crippen LogP contribution in [0.5, 0.6) is 5.75 Å². The molecule has 4 aromatic rings. The van der Waals surface area contributed by atoms with Crippen LogP contribution in [-0.4, -0.2) is 83.7 Å². The zero-order valence-electron chi connectivity index (χ0n) is 31.9. The molecule has 1 saturated heterocycles. The summed E-state index contributed by atoms with van der Waals surface area (Å²) in [5.74, 6) is -2.67. The number of sulfonamides is 1. The first-order valence-electron chi connectivity index (χ1n) is 20.4. The predicted octanol–water partition coefficient (Wildman–Crippen LogP) is 5.66. The van der Waals surface area contributed by atoms with Gasteiger partial charge >= 0.3 is 6.09 Å². The number of ether oxygens (including phenoxy) is 2. The number of benzene rings is 2. The lowest BCUT2D eigenvalue weighted by Crippen LogP contribution is -2.58. The number of carbonyl (C=O) groups is 4. The molecule has 14 nitrogen and oxygen atoms in total. The van der Waals surface area contributed by atoms with E-state index in [1.807, 2.05) is 30.4 Å². The summed E-state index contributed by atoms with van der Waals surface area (Å²) in [5.41, 5.74) is 0.0886. The SMILES string of the molecule is O=C(N[C@H]1CCCCC/C=C\[C@H]2C[C@@]2(C(=O)NS(=O)(=O)C2CC2)NC(=O)[C@@H]2C[C@@H](Oc3c4ccc(F)cc4nc4c3oc3ccccc34)CN2C1=O)OC1CCCC1. The van der Waals surface area contributed by atoms with Crippen molar-refractivity contribution in [2.24, 2.45) is 5.92 Å². The number of nitrogens with zero attached hydrogens (tertiary/aromatic N) is 2. The molecule has 0 unspecified atom stereocenters. The third-order valence-electron chi connectivity index (χ3n) is 12.2. The number of fused-ring (bicyclic) bond motifs is 6. The highest BCUT2D eigenvalue weighted by atomic mass is 32.2. The molecule has 3 aliphatic carbocycles. The number of carbonyl (C=O) groups excluding carboxylic acids is 4. The Morgan fingerprint density at radius 1 is 0.966 bits per heavy atom. The Morgan fingerprint density at radius 3 is 2.57 bits per heavy atom. The molecule has 2 aromatic heterocycles. The van der Waals surface area contributed by atoms with Crippen LogP contribution in [0, 0.1) is 11.7 Å². The minimum absolute atomic E-state index is 0.0257. The summed E-state index contributed by atoms with van der Waals surface area (Å²) in [7, 11) is -3.93. The molecule has 58 heavy (non-hydrogen) atoms. The second-order valence-electron chi connectivity index (χ2n) is 16.4. The summed E-state index contributed by atoms with van der Waals surface area (Å²) in [6.07, 6.45) is 9.64. The smallest absolute Gasteiger partial charge is 0.408 e. The van der Waals surface area contributed by atoms with Crippen molar-refractivity contribution in [1.82, 2.24) is 25.2 Å².